The zero-order chi connectivity index (χ0) is 19.3. The second-order valence-corrected chi connectivity index (χ2v) is 7.48. The first-order chi connectivity index (χ1) is 12.9. The average Bonchev–Trinajstić information content (AvgIpc) is 3.31. The molecule has 0 bridgehead atoms. The number of nitrogens with zero attached hydrogens (tertiary/aromatic N) is 4. The average molecular weight is 436 g/mol. The highest BCUT2D eigenvalue weighted by Gasteiger charge is 2.28. The van der Waals surface area contributed by atoms with Crippen molar-refractivity contribution in [3.63, 3.8) is 0 Å². The van der Waals surface area contributed by atoms with Gasteiger partial charge in [-0.25, -0.2) is 9.78 Å². The molecule has 0 saturated carbocycles. The van der Waals surface area contributed by atoms with Gasteiger partial charge in [0, 0.05) is 33.1 Å². The van der Waals surface area contributed by atoms with Crippen LogP contribution in [0.2, 0.25) is 0 Å². The second-order valence-electron chi connectivity index (χ2n) is 6.70. The van der Waals surface area contributed by atoms with Crippen molar-refractivity contribution in [1.29, 1.82) is 0 Å². The van der Waals surface area contributed by atoms with E-state index in [4.69, 9.17) is 4.42 Å². The number of amides is 1. The van der Waals surface area contributed by atoms with Gasteiger partial charge < -0.3 is 14.3 Å². The Morgan fingerprint density at radius 1 is 1.22 bits per heavy atom. The van der Waals surface area contributed by atoms with E-state index in [9.17, 15) is 14.4 Å². The molecule has 3 aromatic heterocycles. The Morgan fingerprint density at radius 2 is 1.93 bits per heavy atom. The molecule has 0 aliphatic carbocycles. The Bertz CT molecular complexity index is 1150. The molecule has 27 heavy (non-hydrogen) atoms. The van der Waals surface area contributed by atoms with Crippen molar-refractivity contribution in [2.24, 2.45) is 14.1 Å². The van der Waals surface area contributed by atoms with Crippen LogP contribution in [0.4, 0.5) is 0 Å². The molecule has 142 valence electrons. The van der Waals surface area contributed by atoms with Crippen LogP contribution >= 0.6 is 15.9 Å². The van der Waals surface area contributed by atoms with Gasteiger partial charge in [-0.3, -0.25) is 18.7 Å². The van der Waals surface area contributed by atoms with Crippen LogP contribution in [0.15, 0.2) is 30.8 Å². The van der Waals surface area contributed by atoms with E-state index in [2.05, 4.69) is 25.9 Å². The molecular weight excluding hydrogens is 418 g/mol. The lowest BCUT2D eigenvalue weighted by atomic mass is 9.96. The van der Waals surface area contributed by atoms with Gasteiger partial charge in [-0.1, -0.05) is 0 Å². The van der Waals surface area contributed by atoms with Crippen molar-refractivity contribution in [3.8, 4) is 0 Å². The number of aryl methyl sites for hydroxylation is 1. The molecule has 1 fully saturated rings. The van der Waals surface area contributed by atoms with E-state index in [0.717, 1.165) is 4.57 Å². The van der Waals surface area contributed by atoms with E-state index in [1.807, 2.05) is 0 Å². The number of H-pyrrole nitrogens is 1. The minimum absolute atomic E-state index is 0.0876. The van der Waals surface area contributed by atoms with Crippen LogP contribution in [0.25, 0.3) is 11.2 Å². The number of fused-ring (bicyclic) bond motifs is 1. The normalized spacial score (nSPS) is 15.6. The molecule has 0 atom stereocenters. The summed E-state index contributed by atoms with van der Waals surface area (Å²) < 4.78 is 8.29. The summed E-state index contributed by atoms with van der Waals surface area (Å²) >= 11 is 3.20. The van der Waals surface area contributed by atoms with E-state index in [1.54, 1.807) is 24.1 Å². The minimum atomic E-state index is -0.407. The first kappa shape index (κ1) is 17.8. The summed E-state index contributed by atoms with van der Waals surface area (Å²) in [6.45, 7) is 1.13. The summed E-state index contributed by atoms with van der Waals surface area (Å²) in [4.78, 5) is 46.2. The fraction of sp³-hybridized carbons (Fsp3) is 0.412. The highest BCUT2D eigenvalue weighted by molar-refractivity contribution is 9.10. The maximum atomic E-state index is 12.5. The monoisotopic (exact) mass is 435 g/mol. The lowest BCUT2D eigenvalue weighted by Gasteiger charge is -2.30. The van der Waals surface area contributed by atoms with Crippen LogP contribution < -0.4 is 11.2 Å². The first-order valence-corrected chi connectivity index (χ1v) is 9.36. The highest BCUT2D eigenvalue weighted by atomic mass is 79.9. The van der Waals surface area contributed by atoms with Gasteiger partial charge in [0.1, 0.15) is 11.3 Å². The third-order valence-electron chi connectivity index (χ3n) is 5.07. The number of piperidine rings is 1. The summed E-state index contributed by atoms with van der Waals surface area (Å²) in [5, 5.41) is 0. The van der Waals surface area contributed by atoms with Gasteiger partial charge in [0.25, 0.3) is 11.5 Å². The number of nitrogens with one attached hydrogen (secondary N) is 1. The third-order valence-corrected chi connectivity index (χ3v) is 5.49. The van der Waals surface area contributed by atoms with E-state index >= 15 is 0 Å². The highest BCUT2D eigenvalue weighted by Crippen LogP contribution is 2.28. The molecule has 1 aliphatic heterocycles. The number of rotatable bonds is 2. The largest absolute Gasteiger partial charge is 0.444 e. The number of hydrogen-bond donors (Lipinski definition) is 1. The van der Waals surface area contributed by atoms with E-state index in [0.29, 0.717) is 53.3 Å². The number of furan rings is 1. The van der Waals surface area contributed by atoms with E-state index in [1.165, 1.54) is 11.6 Å². The quantitative estimate of drug-likeness (QED) is 0.653. The van der Waals surface area contributed by atoms with Gasteiger partial charge in [-0.15, -0.1) is 0 Å². The Balaban J connectivity index is 1.56. The number of imidazole rings is 1. The van der Waals surface area contributed by atoms with Crippen LogP contribution in [0, 0.1) is 0 Å². The van der Waals surface area contributed by atoms with Gasteiger partial charge in [0.05, 0.1) is 0 Å². The maximum Gasteiger partial charge on any atom is 0.332 e. The molecule has 1 amide bonds. The Labute approximate surface area is 161 Å². The number of aromatic nitrogens is 4. The topological polar surface area (TPSA) is 106 Å². The number of aromatic amines is 1. The summed E-state index contributed by atoms with van der Waals surface area (Å²) in [6, 6.07) is 3.34. The predicted molar refractivity (Wildman–Crippen MR) is 101 cm³/mol. The molecule has 1 saturated heterocycles. The SMILES string of the molecule is Cn1c(=O)c2[nH]c(C3CCN(C(=O)c4ccc(Br)o4)CC3)nc2n(C)c1=O. The fourth-order valence-corrected chi connectivity index (χ4v) is 3.78. The van der Waals surface area contributed by atoms with Gasteiger partial charge in [-0.05, 0) is 40.9 Å². The van der Waals surface area contributed by atoms with Crippen molar-refractivity contribution < 1.29 is 9.21 Å². The standard InChI is InChI=1S/C17H18BrN5O4/c1-21-14-12(16(25)22(2)17(21)26)19-13(20-14)9-5-7-23(8-6-9)15(24)10-3-4-11(18)27-10/h3-4,9H,5-8H2,1-2H3,(H,19,20). The molecule has 4 rings (SSSR count). The lowest BCUT2D eigenvalue weighted by molar-refractivity contribution is 0.0677. The van der Waals surface area contributed by atoms with Gasteiger partial charge in [0.15, 0.2) is 16.1 Å². The molecule has 0 radical (unpaired) electrons. The molecule has 10 heteroatoms. The Kier molecular flexibility index (Phi) is 4.29. The second kappa shape index (κ2) is 6.52. The zero-order valence-electron chi connectivity index (χ0n) is 14.9. The summed E-state index contributed by atoms with van der Waals surface area (Å²) in [7, 11) is 3.04. The molecule has 0 spiro atoms. The number of halogens is 1. The molecular formula is C17H18BrN5O4. The lowest BCUT2D eigenvalue weighted by Crippen LogP contribution is -2.37. The van der Waals surface area contributed by atoms with Gasteiger partial charge >= 0.3 is 5.69 Å². The van der Waals surface area contributed by atoms with Crippen molar-refractivity contribution >= 4 is 33.0 Å². The van der Waals surface area contributed by atoms with Gasteiger partial charge in [0.2, 0.25) is 0 Å². The van der Waals surface area contributed by atoms with Crippen LogP contribution in [0.3, 0.4) is 0 Å². The molecule has 9 nitrogen and oxygen atoms in total. The zero-order valence-corrected chi connectivity index (χ0v) is 16.4. The summed E-state index contributed by atoms with van der Waals surface area (Å²) in [5.41, 5.74) is -0.107. The van der Waals surface area contributed by atoms with Crippen molar-refractivity contribution in [2.45, 2.75) is 18.8 Å². The van der Waals surface area contributed by atoms with E-state index in [-0.39, 0.29) is 17.4 Å². The Morgan fingerprint density at radius 3 is 2.56 bits per heavy atom. The molecule has 3 aromatic rings. The van der Waals surface area contributed by atoms with Crippen LogP contribution in [0.1, 0.15) is 35.1 Å². The first-order valence-electron chi connectivity index (χ1n) is 8.57. The number of carbonyl (C=O) groups is 1. The maximum absolute atomic E-state index is 12.5. The van der Waals surface area contributed by atoms with Crippen LogP contribution in [0.5, 0.6) is 0 Å². The molecule has 0 unspecified atom stereocenters. The van der Waals surface area contributed by atoms with Crippen LogP contribution in [-0.4, -0.2) is 43.0 Å². The fourth-order valence-electron chi connectivity index (χ4n) is 3.48. The molecule has 0 aromatic carbocycles. The Hall–Kier alpha value is -2.62. The van der Waals surface area contributed by atoms with Gasteiger partial charge in [-0.2, -0.15) is 0 Å². The van der Waals surface area contributed by atoms with Crippen LogP contribution in [-0.2, 0) is 14.1 Å². The number of carbonyl (C=O) groups excluding carboxylic acids is 1. The molecule has 1 aliphatic rings. The minimum Gasteiger partial charge on any atom is -0.444 e. The molecule has 4 heterocycles. The summed E-state index contributed by atoms with van der Waals surface area (Å²) in [5.74, 6) is 0.934. The predicted octanol–water partition coefficient (Wildman–Crippen LogP) is 1.34. The summed E-state index contributed by atoms with van der Waals surface area (Å²) in [6.07, 6.45) is 1.42. The molecule has 1 N–H and O–H groups in total. The third kappa shape index (κ3) is 2.93. The van der Waals surface area contributed by atoms with Crippen molar-refractivity contribution in [2.75, 3.05) is 13.1 Å². The number of likely N-dealkylation sites (tertiary alicyclic amines) is 1. The van der Waals surface area contributed by atoms with Crippen molar-refractivity contribution in [3.05, 3.63) is 49.2 Å². The number of hydrogen-bond acceptors (Lipinski definition) is 5. The van der Waals surface area contributed by atoms with E-state index < -0.39 is 5.69 Å². The smallest absolute Gasteiger partial charge is 0.332 e. The van der Waals surface area contributed by atoms with Crippen molar-refractivity contribution in [1.82, 2.24) is 24.0 Å².